The minimum absolute atomic E-state index is 0.289. The molecule has 2 aliphatic heterocycles. The van der Waals surface area contributed by atoms with Crippen molar-refractivity contribution in [2.75, 3.05) is 18.5 Å². The third kappa shape index (κ3) is 3.36. The molecule has 8 nitrogen and oxygen atoms in total. The first kappa shape index (κ1) is 22.3. The number of hydrogen-bond donors (Lipinski definition) is 2. The fourth-order valence-electron chi connectivity index (χ4n) is 4.88. The number of para-hydroxylation sites is 1. The highest BCUT2D eigenvalue weighted by Gasteiger charge is 2.67. The van der Waals surface area contributed by atoms with E-state index >= 15 is 0 Å². The number of anilines is 1. The van der Waals surface area contributed by atoms with Crippen LogP contribution in [0.2, 0.25) is 0 Å². The van der Waals surface area contributed by atoms with E-state index in [9.17, 15) is 14.9 Å². The molecule has 1 amide bonds. The molecule has 1 saturated heterocycles. The van der Waals surface area contributed by atoms with Crippen molar-refractivity contribution in [2.24, 2.45) is 0 Å². The van der Waals surface area contributed by atoms with Gasteiger partial charge in [0, 0.05) is 22.2 Å². The minimum atomic E-state index is -1.46. The van der Waals surface area contributed by atoms with Gasteiger partial charge < -0.3 is 14.8 Å². The van der Waals surface area contributed by atoms with Gasteiger partial charge in [0.25, 0.3) is 11.9 Å². The Morgan fingerprint density at radius 3 is 2.75 bits per heavy atom. The summed E-state index contributed by atoms with van der Waals surface area (Å²) in [5.74, 6) is -0.0219. The Balaban J connectivity index is 1.85. The number of halogens is 1. The summed E-state index contributed by atoms with van der Waals surface area (Å²) in [5.41, 5.74) is 0.410. The van der Waals surface area contributed by atoms with Crippen LogP contribution in [-0.4, -0.2) is 36.1 Å². The predicted octanol–water partition coefficient (Wildman–Crippen LogP) is 3.98. The van der Waals surface area contributed by atoms with Gasteiger partial charge >= 0.3 is 0 Å². The first-order valence-electron chi connectivity index (χ1n) is 10.4. The van der Waals surface area contributed by atoms with Crippen molar-refractivity contribution >= 4 is 27.5 Å². The predicted molar refractivity (Wildman–Crippen MR) is 124 cm³/mol. The number of ether oxygens (including phenoxy) is 2. The summed E-state index contributed by atoms with van der Waals surface area (Å²) in [6.45, 7) is 8.07. The normalized spacial score (nSPS) is 26.0. The van der Waals surface area contributed by atoms with Crippen molar-refractivity contribution in [2.45, 2.75) is 37.4 Å². The van der Waals surface area contributed by atoms with Crippen LogP contribution >= 0.6 is 15.9 Å². The van der Waals surface area contributed by atoms with E-state index < -0.39 is 23.4 Å². The second-order valence-electron chi connectivity index (χ2n) is 7.86. The van der Waals surface area contributed by atoms with Gasteiger partial charge in [0.15, 0.2) is 17.0 Å². The zero-order valence-electron chi connectivity index (χ0n) is 17.8. The molecule has 2 N–H and O–H groups in total. The SMILES string of the molecule is C=CCOc1c(Br)cc([C@@H]2[C@H](C)N[C@]3(C(=O)Nc4ccccc43)[C@H]2[N+](=O)[O-])cc1OCC. The number of benzene rings is 2. The molecule has 1 fully saturated rings. The largest absolute Gasteiger partial charge is 0.490 e. The molecule has 0 unspecified atom stereocenters. The molecule has 0 aromatic heterocycles. The van der Waals surface area contributed by atoms with Crippen LogP contribution in [-0.2, 0) is 10.3 Å². The van der Waals surface area contributed by atoms with Gasteiger partial charge in [0.05, 0.1) is 17.0 Å². The molecule has 4 rings (SSSR count). The first-order valence-corrected chi connectivity index (χ1v) is 11.2. The van der Waals surface area contributed by atoms with Gasteiger partial charge in [-0.3, -0.25) is 20.2 Å². The number of nitrogens with one attached hydrogen (secondary N) is 2. The molecule has 168 valence electrons. The van der Waals surface area contributed by atoms with Crippen LogP contribution in [0.3, 0.4) is 0 Å². The highest BCUT2D eigenvalue weighted by atomic mass is 79.9. The Kier molecular flexibility index (Phi) is 5.96. The Hall–Kier alpha value is -2.91. The molecule has 0 saturated carbocycles. The van der Waals surface area contributed by atoms with Crippen LogP contribution in [0.5, 0.6) is 11.5 Å². The number of fused-ring (bicyclic) bond motifs is 2. The minimum Gasteiger partial charge on any atom is -0.490 e. The molecule has 2 heterocycles. The van der Waals surface area contributed by atoms with Crippen LogP contribution in [0.1, 0.15) is 30.9 Å². The fraction of sp³-hybridized carbons (Fsp3) is 0.348. The number of nitrogens with zero attached hydrogens (tertiary/aromatic N) is 1. The highest BCUT2D eigenvalue weighted by molar-refractivity contribution is 9.10. The quantitative estimate of drug-likeness (QED) is 0.338. The van der Waals surface area contributed by atoms with Gasteiger partial charge in [-0.15, -0.1) is 0 Å². The van der Waals surface area contributed by atoms with Gasteiger partial charge in [0.1, 0.15) is 6.61 Å². The molecule has 0 radical (unpaired) electrons. The maximum absolute atomic E-state index is 13.2. The molecule has 2 aromatic rings. The third-order valence-electron chi connectivity index (χ3n) is 6.03. The number of carbonyl (C=O) groups excluding carboxylic acids is 1. The molecule has 0 bridgehead atoms. The van der Waals surface area contributed by atoms with E-state index in [1.807, 2.05) is 13.8 Å². The fourth-order valence-corrected chi connectivity index (χ4v) is 5.45. The third-order valence-corrected chi connectivity index (χ3v) is 6.61. The van der Waals surface area contributed by atoms with Crippen LogP contribution in [0.25, 0.3) is 0 Å². The molecule has 2 aromatic carbocycles. The van der Waals surface area contributed by atoms with E-state index in [1.54, 1.807) is 42.5 Å². The lowest BCUT2D eigenvalue weighted by molar-refractivity contribution is -0.532. The van der Waals surface area contributed by atoms with Gasteiger partial charge in [0.2, 0.25) is 0 Å². The molecule has 0 aliphatic carbocycles. The topological polar surface area (TPSA) is 103 Å². The molecule has 2 aliphatic rings. The maximum Gasteiger partial charge on any atom is 0.256 e. The first-order chi connectivity index (χ1) is 15.3. The van der Waals surface area contributed by atoms with Crippen molar-refractivity contribution in [1.29, 1.82) is 0 Å². The maximum atomic E-state index is 13.2. The molecule has 9 heteroatoms. The summed E-state index contributed by atoms with van der Waals surface area (Å²) in [7, 11) is 0. The molecule has 1 spiro atoms. The zero-order valence-corrected chi connectivity index (χ0v) is 19.3. The average Bonchev–Trinajstić information content (AvgIpc) is 3.22. The lowest BCUT2D eigenvalue weighted by Gasteiger charge is -2.25. The summed E-state index contributed by atoms with van der Waals surface area (Å²) in [5, 5.41) is 18.6. The lowest BCUT2D eigenvalue weighted by atomic mass is 9.78. The van der Waals surface area contributed by atoms with Crippen molar-refractivity contribution in [3.05, 3.63) is 74.8 Å². The van der Waals surface area contributed by atoms with Gasteiger partial charge in [-0.1, -0.05) is 30.9 Å². The van der Waals surface area contributed by atoms with Gasteiger partial charge in [-0.2, -0.15) is 0 Å². The molecule has 4 atom stereocenters. The Morgan fingerprint density at radius 2 is 2.06 bits per heavy atom. The average molecular weight is 502 g/mol. The lowest BCUT2D eigenvalue weighted by Crippen LogP contribution is -2.54. The smallest absolute Gasteiger partial charge is 0.256 e. The molecule has 32 heavy (non-hydrogen) atoms. The summed E-state index contributed by atoms with van der Waals surface area (Å²) < 4.78 is 12.1. The van der Waals surface area contributed by atoms with Crippen molar-refractivity contribution < 1.29 is 19.2 Å². The Bertz CT molecular complexity index is 1090. The summed E-state index contributed by atoms with van der Waals surface area (Å²) in [6.07, 6.45) is 1.63. The van der Waals surface area contributed by atoms with Crippen LogP contribution < -0.4 is 20.1 Å². The Labute approximate surface area is 194 Å². The summed E-state index contributed by atoms with van der Waals surface area (Å²) >= 11 is 3.53. The summed E-state index contributed by atoms with van der Waals surface area (Å²) in [4.78, 5) is 25.3. The van der Waals surface area contributed by atoms with Crippen LogP contribution in [0, 0.1) is 10.1 Å². The van der Waals surface area contributed by atoms with E-state index in [0.29, 0.717) is 39.4 Å². The van der Waals surface area contributed by atoms with Crippen LogP contribution in [0.15, 0.2) is 53.5 Å². The van der Waals surface area contributed by atoms with E-state index in [2.05, 4.69) is 33.1 Å². The molecular formula is C23H24BrN3O5. The monoisotopic (exact) mass is 501 g/mol. The number of carbonyl (C=O) groups is 1. The van der Waals surface area contributed by atoms with Crippen molar-refractivity contribution in [1.82, 2.24) is 5.32 Å². The number of hydrogen-bond acceptors (Lipinski definition) is 6. The second-order valence-corrected chi connectivity index (χ2v) is 8.71. The highest BCUT2D eigenvalue weighted by Crippen LogP contribution is 2.51. The van der Waals surface area contributed by atoms with Gasteiger partial charge in [-0.05, 0) is 53.5 Å². The zero-order chi connectivity index (χ0) is 23.0. The van der Waals surface area contributed by atoms with E-state index in [0.717, 1.165) is 0 Å². The number of rotatable bonds is 7. The number of amides is 1. The second kappa shape index (κ2) is 8.55. The van der Waals surface area contributed by atoms with E-state index in [1.165, 1.54) is 0 Å². The summed E-state index contributed by atoms with van der Waals surface area (Å²) in [6, 6.07) is 9.09. The van der Waals surface area contributed by atoms with Crippen LogP contribution in [0.4, 0.5) is 5.69 Å². The standard InChI is InChI=1S/C23H24BrN3O5/c1-4-10-32-20-16(24)11-14(12-18(20)31-5-2)19-13(3)26-23(21(19)27(29)30)15-8-6-7-9-17(15)25-22(23)28/h4,6-9,11-13,19,21,26H,1,5,10H2,2-3H3,(H,25,28)/t13-,19-,21-,23-/m0/s1. The van der Waals surface area contributed by atoms with Crippen molar-refractivity contribution in [3.8, 4) is 11.5 Å². The van der Waals surface area contributed by atoms with Gasteiger partial charge in [-0.25, -0.2) is 0 Å². The van der Waals surface area contributed by atoms with Crippen molar-refractivity contribution in [3.63, 3.8) is 0 Å². The van der Waals surface area contributed by atoms with E-state index in [4.69, 9.17) is 9.47 Å². The Morgan fingerprint density at radius 1 is 1.31 bits per heavy atom. The van der Waals surface area contributed by atoms with E-state index in [-0.39, 0.29) is 17.6 Å². The molecular weight excluding hydrogens is 478 g/mol. The number of nitro groups is 1.